The van der Waals surface area contributed by atoms with E-state index in [2.05, 4.69) is 123 Å². The average Bonchev–Trinajstić information content (AvgIpc) is 3.40. The molecule has 0 unspecified atom stereocenters. The molecule has 0 fully saturated rings. The Hall–Kier alpha value is -4.69. The normalized spacial score (nSPS) is 12.0. The van der Waals surface area contributed by atoms with Crippen molar-refractivity contribution in [2.75, 3.05) is 0 Å². The smallest absolute Gasteiger partial charge is 0.227 e. The van der Waals surface area contributed by atoms with Gasteiger partial charge in [-0.15, -0.1) is 0 Å². The summed E-state index contributed by atoms with van der Waals surface area (Å²) in [4.78, 5) is 4.68. The fourth-order valence-electron chi connectivity index (χ4n) is 5.66. The van der Waals surface area contributed by atoms with Crippen LogP contribution in [-0.4, -0.2) is 4.98 Å². The molecule has 0 amide bonds. The number of nitrogens with zero attached hydrogens (tertiary/aromatic N) is 1. The van der Waals surface area contributed by atoms with Crippen molar-refractivity contribution >= 4 is 32.6 Å². The third-order valence-corrected chi connectivity index (χ3v) is 7.69. The molecular weight excluding hydrogens is 474 g/mol. The van der Waals surface area contributed by atoms with Crippen LogP contribution in [0, 0.1) is 0 Å². The fourth-order valence-corrected chi connectivity index (χ4v) is 5.66. The van der Waals surface area contributed by atoms with Crippen molar-refractivity contribution in [1.82, 2.24) is 4.98 Å². The first-order valence-electron chi connectivity index (χ1n) is 13.5. The lowest BCUT2D eigenvalue weighted by Gasteiger charge is -2.21. The molecule has 0 saturated carbocycles. The molecule has 2 heteroatoms. The van der Waals surface area contributed by atoms with Gasteiger partial charge in [-0.2, -0.15) is 0 Å². The van der Waals surface area contributed by atoms with E-state index in [9.17, 15) is 0 Å². The number of para-hydroxylation sites is 2. The second-order valence-electron chi connectivity index (χ2n) is 11.2. The third-order valence-electron chi connectivity index (χ3n) is 7.69. The summed E-state index contributed by atoms with van der Waals surface area (Å²) in [6.07, 6.45) is 0. The molecule has 6 aromatic carbocycles. The van der Waals surface area contributed by atoms with E-state index in [1.165, 1.54) is 49.4 Å². The minimum Gasteiger partial charge on any atom is -0.436 e. The third kappa shape index (κ3) is 4.00. The molecular formula is C37H29NO. The molecule has 39 heavy (non-hydrogen) atoms. The molecule has 0 aliphatic heterocycles. The Kier molecular flexibility index (Phi) is 5.38. The molecule has 0 atom stereocenters. The highest BCUT2D eigenvalue weighted by Gasteiger charge is 2.18. The van der Waals surface area contributed by atoms with E-state index < -0.39 is 0 Å². The van der Waals surface area contributed by atoms with Crippen molar-refractivity contribution in [2.24, 2.45) is 0 Å². The Morgan fingerprint density at radius 3 is 1.41 bits per heavy atom. The number of oxazole rings is 1. The Bertz CT molecular complexity index is 1880. The van der Waals surface area contributed by atoms with E-state index in [4.69, 9.17) is 4.42 Å². The van der Waals surface area contributed by atoms with Crippen molar-refractivity contribution < 1.29 is 4.42 Å². The molecule has 2 nitrogen and oxygen atoms in total. The van der Waals surface area contributed by atoms with Gasteiger partial charge >= 0.3 is 0 Å². The summed E-state index contributed by atoms with van der Waals surface area (Å²) in [5.41, 5.74) is 9.07. The van der Waals surface area contributed by atoms with Crippen molar-refractivity contribution in [3.05, 3.63) is 127 Å². The monoisotopic (exact) mass is 503 g/mol. The molecule has 0 radical (unpaired) electrons. The minimum atomic E-state index is 0.122. The van der Waals surface area contributed by atoms with Crippen LogP contribution in [0.25, 0.3) is 66.4 Å². The Morgan fingerprint density at radius 2 is 0.923 bits per heavy atom. The van der Waals surface area contributed by atoms with Crippen molar-refractivity contribution in [2.45, 2.75) is 26.2 Å². The first-order chi connectivity index (χ1) is 19.0. The highest BCUT2D eigenvalue weighted by atomic mass is 16.3. The number of hydrogen-bond donors (Lipinski definition) is 0. The Labute approximate surface area is 228 Å². The van der Waals surface area contributed by atoms with E-state index in [1.807, 2.05) is 24.3 Å². The molecule has 188 valence electrons. The SMILES string of the molecule is CC(C)(C)c1ccc(-c2c3ccccc3c(-c3ccc(-c4nc5ccccc5o4)cc3)c3ccccc23)cc1. The molecule has 0 saturated heterocycles. The molecule has 1 heterocycles. The van der Waals surface area contributed by atoms with Gasteiger partial charge in [-0.1, -0.05) is 118 Å². The lowest BCUT2D eigenvalue weighted by molar-refractivity contribution is 0.590. The first-order valence-corrected chi connectivity index (χ1v) is 13.5. The van der Waals surface area contributed by atoms with Crippen molar-refractivity contribution in [3.8, 4) is 33.7 Å². The van der Waals surface area contributed by atoms with Gasteiger partial charge in [-0.3, -0.25) is 0 Å². The summed E-state index contributed by atoms with van der Waals surface area (Å²) in [5, 5.41) is 5.02. The van der Waals surface area contributed by atoms with Crippen molar-refractivity contribution in [3.63, 3.8) is 0 Å². The van der Waals surface area contributed by atoms with E-state index in [0.717, 1.165) is 16.7 Å². The van der Waals surface area contributed by atoms with Gasteiger partial charge in [-0.25, -0.2) is 4.98 Å². The summed E-state index contributed by atoms with van der Waals surface area (Å²) in [6, 6.07) is 43.2. The van der Waals surface area contributed by atoms with Gasteiger partial charge in [0, 0.05) is 5.56 Å². The lowest BCUT2D eigenvalue weighted by Crippen LogP contribution is -2.10. The van der Waals surface area contributed by atoms with Crippen LogP contribution in [0.3, 0.4) is 0 Å². The van der Waals surface area contributed by atoms with Gasteiger partial charge in [0.05, 0.1) is 0 Å². The van der Waals surface area contributed by atoms with Gasteiger partial charge in [0.25, 0.3) is 0 Å². The Balaban J connectivity index is 1.42. The van der Waals surface area contributed by atoms with Crippen LogP contribution in [0.1, 0.15) is 26.3 Å². The van der Waals surface area contributed by atoms with Crippen LogP contribution < -0.4 is 0 Å². The van der Waals surface area contributed by atoms with Crippen LogP contribution in [0.4, 0.5) is 0 Å². The zero-order chi connectivity index (χ0) is 26.6. The highest BCUT2D eigenvalue weighted by Crippen LogP contribution is 2.44. The maximum atomic E-state index is 6.02. The second-order valence-corrected chi connectivity index (χ2v) is 11.2. The van der Waals surface area contributed by atoms with E-state index in [1.54, 1.807) is 0 Å². The summed E-state index contributed by atoms with van der Waals surface area (Å²) >= 11 is 0. The summed E-state index contributed by atoms with van der Waals surface area (Å²) in [7, 11) is 0. The van der Waals surface area contributed by atoms with Crippen molar-refractivity contribution in [1.29, 1.82) is 0 Å². The number of rotatable bonds is 3. The standard InChI is InChI=1S/C37H29NO/c1-37(2,3)27-22-20-25(21-23-27)35-30-12-6-4-10-28(30)34(29-11-5-7-13-31(29)35)24-16-18-26(19-17-24)36-38-32-14-8-9-15-33(32)39-36/h4-23H,1-3H3. The summed E-state index contributed by atoms with van der Waals surface area (Å²) < 4.78 is 6.02. The Morgan fingerprint density at radius 1 is 0.487 bits per heavy atom. The maximum absolute atomic E-state index is 6.02. The largest absolute Gasteiger partial charge is 0.436 e. The minimum absolute atomic E-state index is 0.122. The van der Waals surface area contributed by atoms with Crippen LogP contribution in [0.5, 0.6) is 0 Å². The molecule has 7 rings (SSSR count). The number of hydrogen-bond acceptors (Lipinski definition) is 2. The van der Waals surface area contributed by atoms with Gasteiger partial charge in [0.15, 0.2) is 5.58 Å². The molecule has 0 aliphatic carbocycles. The van der Waals surface area contributed by atoms with Crippen LogP contribution in [-0.2, 0) is 5.41 Å². The lowest BCUT2D eigenvalue weighted by atomic mass is 9.83. The molecule has 1 aromatic heterocycles. The van der Waals surface area contributed by atoms with Gasteiger partial charge in [0.2, 0.25) is 5.89 Å². The number of aromatic nitrogens is 1. The molecule has 0 N–H and O–H groups in total. The first kappa shape index (κ1) is 23.4. The van der Waals surface area contributed by atoms with E-state index in [0.29, 0.717) is 5.89 Å². The predicted octanol–water partition coefficient (Wildman–Crippen LogP) is 10.4. The molecule has 7 aromatic rings. The summed E-state index contributed by atoms with van der Waals surface area (Å²) in [6.45, 7) is 6.78. The molecule has 0 bridgehead atoms. The van der Waals surface area contributed by atoms with Crippen LogP contribution in [0.2, 0.25) is 0 Å². The molecule has 0 spiro atoms. The number of benzene rings is 6. The average molecular weight is 504 g/mol. The van der Waals surface area contributed by atoms with Crippen LogP contribution >= 0.6 is 0 Å². The zero-order valence-corrected chi connectivity index (χ0v) is 22.4. The van der Waals surface area contributed by atoms with E-state index in [-0.39, 0.29) is 5.41 Å². The second kappa shape index (κ2) is 8.96. The fraction of sp³-hybridized carbons (Fsp3) is 0.108. The predicted molar refractivity (Wildman–Crippen MR) is 164 cm³/mol. The van der Waals surface area contributed by atoms with Crippen LogP contribution in [0.15, 0.2) is 126 Å². The van der Waals surface area contributed by atoms with Gasteiger partial charge in [-0.05, 0) is 79.0 Å². The van der Waals surface area contributed by atoms with Gasteiger partial charge < -0.3 is 4.42 Å². The highest BCUT2D eigenvalue weighted by molar-refractivity contribution is 6.21. The zero-order valence-electron chi connectivity index (χ0n) is 22.4. The maximum Gasteiger partial charge on any atom is 0.227 e. The molecule has 0 aliphatic rings. The number of fused-ring (bicyclic) bond motifs is 3. The van der Waals surface area contributed by atoms with E-state index >= 15 is 0 Å². The van der Waals surface area contributed by atoms with Gasteiger partial charge in [0.1, 0.15) is 5.52 Å². The summed E-state index contributed by atoms with van der Waals surface area (Å²) in [5.74, 6) is 0.645. The quantitative estimate of drug-likeness (QED) is 0.224. The topological polar surface area (TPSA) is 26.0 Å².